The summed E-state index contributed by atoms with van der Waals surface area (Å²) >= 11 is 0. The number of methoxy groups -OCH3 is 1. The maximum absolute atomic E-state index is 11.8. The third kappa shape index (κ3) is 3.50. The van der Waals surface area contributed by atoms with E-state index in [1.54, 1.807) is 6.07 Å². The van der Waals surface area contributed by atoms with Crippen molar-refractivity contribution in [3.8, 4) is 5.88 Å². The van der Waals surface area contributed by atoms with Crippen molar-refractivity contribution < 1.29 is 23.5 Å². The third-order valence-corrected chi connectivity index (χ3v) is 3.33. The summed E-state index contributed by atoms with van der Waals surface area (Å²) in [4.78, 5) is 11.8. The molecule has 2 heterocycles. The van der Waals surface area contributed by atoms with E-state index < -0.39 is 5.92 Å². The van der Waals surface area contributed by atoms with Gasteiger partial charge in [0.15, 0.2) is 5.76 Å². The van der Waals surface area contributed by atoms with Crippen molar-refractivity contribution in [2.24, 2.45) is 5.92 Å². The van der Waals surface area contributed by atoms with Crippen molar-refractivity contribution in [1.82, 2.24) is 5.16 Å². The van der Waals surface area contributed by atoms with E-state index >= 15 is 0 Å². The number of carbonyl (C=O) groups excluding carboxylic acids is 1. The lowest BCUT2D eigenvalue weighted by Gasteiger charge is -2.21. The van der Waals surface area contributed by atoms with Gasteiger partial charge in [-0.1, -0.05) is 13.8 Å². The lowest BCUT2D eigenvalue weighted by Crippen LogP contribution is -2.25. The topological polar surface area (TPSA) is 70.8 Å². The lowest BCUT2D eigenvalue weighted by molar-refractivity contribution is -0.144. The molecule has 1 aromatic rings. The average Bonchev–Trinajstić information content (AvgIpc) is 2.87. The van der Waals surface area contributed by atoms with Crippen LogP contribution in [0.15, 0.2) is 10.6 Å². The number of carbonyl (C=O) groups is 1. The molecule has 1 aromatic heterocycles. The molecule has 1 aliphatic heterocycles. The molecule has 6 nitrogen and oxygen atoms in total. The van der Waals surface area contributed by atoms with E-state index in [1.165, 1.54) is 7.11 Å². The van der Waals surface area contributed by atoms with Crippen LogP contribution >= 0.6 is 0 Å². The largest absolute Gasteiger partial charge is 0.468 e. The molecule has 0 aliphatic carbocycles. The quantitative estimate of drug-likeness (QED) is 0.773. The minimum absolute atomic E-state index is 0.0502. The fourth-order valence-corrected chi connectivity index (χ4v) is 2.26. The van der Waals surface area contributed by atoms with Crippen LogP contribution in [0.25, 0.3) is 0 Å². The fraction of sp³-hybridized carbons (Fsp3) is 0.714. The molecule has 0 aromatic carbocycles. The van der Waals surface area contributed by atoms with E-state index in [0.717, 1.165) is 19.3 Å². The number of nitrogens with zero attached hydrogens (tertiary/aromatic N) is 1. The van der Waals surface area contributed by atoms with Crippen molar-refractivity contribution in [2.45, 2.75) is 45.3 Å². The van der Waals surface area contributed by atoms with E-state index in [-0.39, 0.29) is 18.2 Å². The van der Waals surface area contributed by atoms with Gasteiger partial charge in [-0.05, 0) is 23.9 Å². The molecule has 0 spiro atoms. The highest BCUT2D eigenvalue weighted by Gasteiger charge is 2.30. The van der Waals surface area contributed by atoms with E-state index in [0.29, 0.717) is 18.2 Å². The second kappa shape index (κ2) is 6.74. The first-order valence-electron chi connectivity index (χ1n) is 6.94. The van der Waals surface area contributed by atoms with Crippen LogP contribution in [0, 0.1) is 5.92 Å². The highest BCUT2D eigenvalue weighted by molar-refractivity contribution is 5.77. The van der Waals surface area contributed by atoms with E-state index in [2.05, 4.69) is 5.16 Å². The maximum atomic E-state index is 11.8. The first-order chi connectivity index (χ1) is 9.61. The first-order valence-corrected chi connectivity index (χ1v) is 6.94. The van der Waals surface area contributed by atoms with Crippen LogP contribution in [0.1, 0.15) is 44.8 Å². The SMILES string of the molecule is COC(=O)C(c1cc(OC2CCCCO2)no1)C(C)C. The monoisotopic (exact) mass is 283 g/mol. The molecule has 1 fully saturated rings. The minimum Gasteiger partial charge on any atom is -0.468 e. The summed E-state index contributed by atoms with van der Waals surface area (Å²) in [5.74, 6) is 0.0435. The van der Waals surface area contributed by atoms with Crippen molar-refractivity contribution in [1.29, 1.82) is 0 Å². The van der Waals surface area contributed by atoms with E-state index in [1.807, 2.05) is 13.8 Å². The number of aromatic nitrogens is 1. The number of rotatable bonds is 5. The van der Waals surface area contributed by atoms with Gasteiger partial charge in [-0.3, -0.25) is 4.79 Å². The van der Waals surface area contributed by atoms with Gasteiger partial charge in [-0.15, -0.1) is 0 Å². The van der Waals surface area contributed by atoms with Crippen LogP contribution in [-0.2, 0) is 14.3 Å². The van der Waals surface area contributed by atoms with Gasteiger partial charge in [-0.2, -0.15) is 0 Å². The molecule has 0 saturated carbocycles. The Bertz CT molecular complexity index is 437. The van der Waals surface area contributed by atoms with Gasteiger partial charge < -0.3 is 18.7 Å². The Kier molecular flexibility index (Phi) is 5.00. The molecule has 1 saturated heterocycles. The Labute approximate surface area is 118 Å². The summed E-state index contributed by atoms with van der Waals surface area (Å²) in [6.07, 6.45) is 2.69. The highest BCUT2D eigenvalue weighted by Crippen LogP contribution is 2.29. The first kappa shape index (κ1) is 14.8. The molecule has 0 amide bonds. The number of hydrogen-bond acceptors (Lipinski definition) is 6. The van der Waals surface area contributed by atoms with Crippen LogP contribution in [0.4, 0.5) is 0 Å². The van der Waals surface area contributed by atoms with Gasteiger partial charge in [0.2, 0.25) is 6.29 Å². The fourth-order valence-electron chi connectivity index (χ4n) is 2.26. The molecule has 0 N–H and O–H groups in total. The molecule has 0 radical (unpaired) electrons. The molecule has 1 aliphatic rings. The smallest absolute Gasteiger partial charge is 0.316 e. The Balaban J connectivity index is 2.04. The zero-order valence-electron chi connectivity index (χ0n) is 12.1. The Morgan fingerprint density at radius 1 is 1.45 bits per heavy atom. The molecule has 20 heavy (non-hydrogen) atoms. The summed E-state index contributed by atoms with van der Waals surface area (Å²) in [7, 11) is 1.36. The maximum Gasteiger partial charge on any atom is 0.316 e. The Morgan fingerprint density at radius 3 is 2.85 bits per heavy atom. The van der Waals surface area contributed by atoms with Crippen LogP contribution < -0.4 is 4.74 Å². The number of esters is 1. The van der Waals surface area contributed by atoms with Crippen molar-refractivity contribution >= 4 is 5.97 Å². The second-order valence-electron chi connectivity index (χ2n) is 5.23. The summed E-state index contributed by atoms with van der Waals surface area (Å²) in [5, 5.41) is 3.85. The van der Waals surface area contributed by atoms with Crippen LogP contribution in [0.5, 0.6) is 5.88 Å². The number of hydrogen-bond donors (Lipinski definition) is 0. The zero-order chi connectivity index (χ0) is 14.5. The second-order valence-corrected chi connectivity index (χ2v) is 5.23. The molecular weight excluding hydrogens is 262 g/mol. The Morgan fingerprint density at radius 2 is 2.25 bits per heavy atom. The number of ether oxygens (including phenoxy) is 3. The van der Waals surface area contributed by atoms with Gasteiger partial charge in [-0.25, -0.2) is 0 Å². The third-order valence-electron chi connectivity index (χ3n) is 3.33. The van der Waals surface area contributed by atoms with E-state index in [9.17, 15) is 4.79 Å². The zero-order valence-corrected chi connectivity index (χ0v) is 12.1. The average molecular weight is 283 g/mol. The molecule has 2 rings (SSSR count). The van der Waals surface area contributed by atoms with Crippen molar-refractivity contribution in [2.75, 3.05) is 13.7 Å². The van der Waals surface area contributed by atoms with Gasteiger partial charge in [0.25, 0.3) is 5.88 Å². The van der Waals surface area contributed by atoms with Crippen molar-refractivity contribution in [3.63, 3.8) is 0 Å². The highest BCUT2D eigenvalue weighted by atomic mass is 16.7. The molecule has 2 unspecified atom stereocenters. The molecule has 112 valence electrons. The normalized spacial score (nSPS) is 20.7. The summed E-state index contributed by atoms with van der Waals surface area (Å²) in [6.45, 7) is 4.55. The minimum atomic E-state index is -0.475. The van der Waals surface area contributed by atoms with Crippen LogP contribution in [0.2, 0.25) is 0 Å². The van der Waals surface area contributed by atoms with E-state index in [4.69, 9.17) is 18.7 Å². The summed E-state index contributed by atoms with van der Waals surface area (Å²) < 4.78 is 21.1. The van der Waals surface area contributed by atoms with Crippen LogP contribution in [0.3, 0.4) is 0 Å². The molecule has 0 bridgehead atoms. The standard InChI is InChI=1S/C14H21NO5/c1-9(2)13(14(16)17-3)10-8-11(15-20-10)19-12-6-4-5-7-18-12/h8-9,12-13H,4-7H2,1-3H3. The van der Waals surface area contributed by atoms with Crippen molar-refractivity contribution in [3.05, 3.63) is 11.8 Å². The Hall–Kier alpha value is -1.56. The predicted octanol–water partition coefficient (Wildman–Crippen LogP) is 2.49. The van der Waals surface area contributed by atoms with Gasteiger partial charge in [0.05, 0.1) is 13.7 Å². The molecular formula is C14H21NO5. The predicted molar refractivity (Wildman–Crippen MR) is 70.3 cm³/mol. The molecule has 6 heteroatoms. The molecule has 2 atom stereocenters. The summed E-state index contributed by atoms with van der Waals surface area (Å²) in [5.41, 5.74) is 0. The van der Waals surface area contributed by atoms with Gasteiger partial charge in [0, 0.05) is 12.5 Å². The lowest BCUT2D eigenvalue weighted by atomic mass is 9.93. The summed E-state index contributed by atoms with van der Waals surface area (Å²) in [6, 6.07) is 1.64. The van der Waals surface area contributed by atoms with Crippen LogP contribution in [-0.4, -0.2) is 31.1 Å². The van der Waals surface area contributed by atoms with Gasteiger partial charge >= 0.3 is 5.97 Å². The van der Waals surface area contributed by atoms with Gasteiger partial charge in [0.1, 0.15) is 5.92 Å².